The van der Waals surface area contributed by atoms with Crippen LogP contribution in [0.25, 0.3) is 0 Å². The summed E-state index contributed by atoms with van der Waals surface area (Å²) in [5, 5.41) is 8.79. The second kappa shape index (κ2) is 3.54. The van der Waals surface area contributed by atoms with Crippen molar-refractivity contribution in [3.8, 4) is 0 Å². The van der Waals surface area contributed by atoms with Gasteiger partial charge in [-0.15, -0.1) is 0 Å². The van der Waals surface area contributed by atoms with Gasteiger partial charge in [0.1, 0.15) is 5.76 Å². The Hall–Kier alpha value is -1.56. The van der Waals surface area contributed by atoms with Crippen molar-refractivity contribution in [3.05, 3.63) is 11.8 Å². The van der Waals surface area contributed by atoms with Crippen molar-refractivity contribution in [2.45, 2.75) is 18.7 Å². The normalized spacial score (nSPS) is 34.7. The van der Waals surface area contributed by atoms with Crippen molar-refractivity contribution in [1.82, 2.24) is 4.90 Å². The van der Waals surface area contributed by atoms with Crippen molar-refractivity contribution in [2.75, 3.05) is 13.6 Å². The molecule has 0 bridgehead atoms. The Labute approximate surface area is 90.3 Å². The van der Waals surface area contributed by atoms with E-state index in [1.165, 1.54) is 6.08 Å². The van der Waals surface area contributed by atoms with E-state index in [4.69, 9.17) is 14.0 Å². The number of carbonyl (C=O) groups is 2. The largest absolute Gasteiger partial charge is 0.472 e. The number of rotatable bonds is 2. The van der Waals surface area contributed by atoms with Crippen LogP contribution in [0.15, 0.2) is 11.8 Å². The summed E-state index contributed by atoms with van der Waals surface area (Å²) in [4.78, 5) is 24.2. The van der Waals surface area contributed by atoms with Crippen molar-refractivity contribution in [2.24, 2.45) is 0 Å². The number of hydrogen-bond donors (Lipinski definition) is 1. The average molecular weight is 216 g/mol. The summed E-state index contributed by atoms with van der Waals surface area (Å²) in [6.45, 7) is -0.387. The zero-order valence-corrected chi connectivity index (χ0v) is 7.67. The minimum absolute atomic E-state index is 0.0441. The van der Waals surface area contributed by atoms with Crippen LogP contribution in [0.2, 0.25) is 0 Å². The number of esters is 1. The standard InChI is InChI=1S/C9H11NO5/c1-14-9(13)8-5(2-3-11)15-7-4-6(12)10(7)8/h2,7-8,11H,3-4H2,1H3/b5-2-/t7-,8-/m1/s1/i1D3. The molecule has 6 heteroatoms. The first kappa shape index (κ1) is 6.84. The van der Waals surface area contributed by atoms with Gasteiger partial charge in [-0.2, -0.15) is 0 Å². The Morgan fingerprint density at radius 3 is 3.33 bits per heavy atom. The Morgan fingerprint density at radius 1 is 1.93 bits per heavy atom. The van der Waals surface area contributed by atoms with E-state index in [0.717, 1.165) is 4.90 Å². The van der Waals surface area contributed by atoms with Gasteiger partial charge in [-0.25, -0.2) is 4.79 Å². The third-order valence-corrected chi connectivity index (χ3v) is 2.38. The van der Waals surface area contributed by atoms with Crippen LogP contribution in [0.5, 0.6) is 0 Å². The third kappa shape index (κ3) is 1.37. The van der Waals surface area contributed by atoms with Crippen LogP contribution in [-0.4, -0.2) is 47.8 Å². The highest BCUT2D eigenvalue weighted by molar-refractivity contribution is 5.91. The van der Waals surface area contributed by atoms with Crippen LogP contribution in [0.3, 0.4) is 0 Å². The van der Waals surface area contributed by atoms with Gasteiger partial charge in [0.05, 0.1) is 24.2 Å². The second-order valence-electron chi connectivity index (χ2n) is 3.19. The van der Waals surface area contributed by atoms with Crippen molar-refractivity contribution in [1.29, 1.82) is 0 Å². The molecule has 0 unspecified atom stereocenters. The maximum absolute atomic E-state index is 11.7. The number of β-lactam (4-membered cyclic amide) rings is 1. The van der Waals surface area contributed by atoms with Gasteiger partial charge in [0, 0.05) is 0 Å². The molecule has 2 aliphatic heterocycles. The lowest BCUT2D eigenvalue weighted by atomic mass is 10.1. The molecule has 0 radical (unpaired) electrons. The molecule has 6 nitrogen and oxygen atoms in total. The lowest BCUT2D eigenvalue weighted by Gasteiger charge is -2.33. The summed E-state index contributed by atoms with van der Waals surface area (Å²) in [7, 11) is -2.88. The highest BCUT2D eigenvalue weighted by Gasteiger charge is 2.53. The summed E-state index contributed by atoms with van der Waals surface area (Å²) in [5.41, 5.74) is 0. The number of nitrogens with zero attached hydrogens (tertiary/aromatic N) is 1. The predicted molar refractivity (Wildman–Crippen MR) is 47.3 cm³/mol. The summed E-state index contributed by atoms with van der Waals surface area (Å²) in [6, 6.07) is -1.22. The van der Waals surface area contributed by atoms with E-state index in [1.54, 1.807) is 0 Å². The average Bonchev–Trinajstić information content (AvgIpc) is 2.49. The highest BCUT2D eigenvalue weighted by Crippen LogP contribution is 2.36. The number of ether oxygens (including phenoxy) is 2. The monoisotopic (exact) mass is 216 g/mol. The number of methoxy groups -OCH3 is 1. The van der Waals surface area contributed by atoms with Gasteiger partial charge in [0.2, 0.25) is 5.91 Å². The number of aliphatic hydroxyl groups excluding tert-OH is 1. The zero-order chi connectivity index (χ0) is 13.5. The summed E-state index contributed by atoms with van der Waals surface area (Å²) in [6.07, 6.45) is 0.752. The van der Waals surface area contributed by atoms with Gasteiger partial charge in [-0.3, -0.25) is 9.69 Å². The Bertz CT molecular complexity index is 419. The topological polar surface area (TPSA) is 76.1 Å². The van der Waals surface area contributed by atoms with E-state index >= 15 is 0 Å². The smallest absolute Gasteiger partial charge is 0.336 e. The zero-order valence-electron chi connectivity index (χ0n) is 10.7. The quantitative estimate of drug-likeness (QED) is 0.473. The van der Waals surface area contributed by atoms with Crippen LogP contribution in [0.4, 0.5) is 0 Å². The molecule has 2 saturated heterocycles. The summed E-state index contributed by atoms with van der Waals surface area (Å²) < 4.78 is 30.1. The van der Waals surface area contributed by atoms with E-state index < -0.39 is 25.3 Å². The van der Waals surface area contributed by atoms with E-state index in [0.29, 0.717) is 0 Å². The van der Waals surface area contributed by atoms with Gasteiger partial charge < -0.3 is 14.6 Å². The molecule has 0 spiro atoms. The van der Waals surface area contributed by atoms with Crippen molar-refractivity contribution < 1.29 is 28.3 Å². The predicted octanol–water partition coefficient (Wildman–Crippen LogP) is -1.01. The Kier molecular flexibility index (Phi) is 1.61. The van der Waals surface area contributed by atoms with E-state index in [2.05, 4.69) is 4.74 Å². The molecule has 1 N–H and O–H groups in total. The fourth-order valence-corrected chi connectivity index (χ4v) is 1.70. The van der Waals surface area contributed by atoms with Crippen molar-refractivity contribution >= 4 is 11.9 Å². The molecular weight excluding hydrogens is 202 g/mol. The lowest BCUT2D eigenvalue weighted by Crippen LogP contribution is -2.55. The molecule has 2 aliphatic rings. The maximum Gasteiger partial charge on any atom is 0.336 e. The van der Waals surface area contributed by atoms with E-state index in [1.807, 2.05) is 0 Å². The van der Waals surface area contributed by atoms with Crippen LogP contribution >= 0.6 is 0 Å². The second-order valence-corrected chi connectivity index (χ2v) is 3.19. The third-order valence-electron chi connectivity index (χ3n) is 2.38. The van der Waals surface area contributed by atoms with Crippen LogP contribution in [-0.2, 0) is 19.1 Å². The van der Waals surface area contributed by atoms with Gasteiger partial charge in [-0.05, 0) is 6.08 Å². The number of hydrogen-bond acceptors (Lipinski definition) is 5. The van der Waals surface area contributed by atoms with Crippen molar-refractivity contribution in [3.63, 3.8) is 0 Å². The Balaban J connectivity index is 2.19. The van der Waals surface area contributed by atoms with E-state index in [-0.39, 0.29) is 24.7 Å². The molecule has 2 fully saturated rings. The molecule has 0 aromatic heterocycles. The Morgan fingerprint density at radius 2 is 2.73 bits per heavy atom. The molecule has 82 valence electrons. The molecular formula is C9H11NO5. The fraction of sp³-hybridized carbons (Fsp3) is 0.556. The molecule has 0 aromatic rings. The number of aliphatic hydroxyl groups is 1. The maximum atomic E-state index is 11.7. The van der Waals surface area contributed by atoms with E-state index in [9.17, 15) is 9.59 Å². The molecule has 15 heavy (non-hydrogen) atoms. The highest BCUT2D eigenvalue weighted by atomic mass is 16.6. The van der Waals surface area contributed by atoms with Gasteiger partial charge >= 0.3 is 5.97 Å². The first-order valence-electron chi connectivity index (χ1n) is 5.85. The SMILES string of the molecule is [2H]C([2H])([2H])OC(=O)[C@H]1/C(=C/CO)O[C@@H]2CC(=O)N21. The van der Waals surface area contributed by atoms with Crippen LogP contribution < -0.4 is 0 Å². The van der Waals surface area contributed by atoms with Gasteiger partial charge in [0.15, 0.2) is 12.3 Å². The minimum atomic E-state index is -2.88. The first-order chi connectivity index (χ1) is 8.33. The fourth-order valence-electron chi connectivity index (χ4n) is 1.70. The first-order valence-corrected chi connectivity index (χ1v) is 4.35. The molecule has 1 amide bonds. The van der Waals surface area contributed by atoms with Crippen LogP contribution in [0, 0.1) is 0 Å². The molecule has 0 saturated carbocycles. The minimum Gasteiger partial charge on any atom is -0.472 e. The summed E-state index contributed by atoms with van der Waals surface area (Å²) >= 11 is 0. The number of amides is 1. The molecule has 2 rings (SSSR count). The number of fused-ring (bicyclic) bond motifs is 1. The summed E-state index contributed by atoms with van der Waals surface area (Å²) in [5.74, 6) is -1.37. The molecule has 2 atom stereocenters. The van der Waals surface area contributed by atoms with Crippen LogP contribution in [0.1, 0.15) is 10.5 Å². The molecule has 0 aliphatic carbocycles. The number of carbonyl (C=O) groups excluding carboxylic acids is 2. The molecule has 0 aromatic carbocycles. The lowest BCUT2D eigenvalue weighted by molar-refractivity contribution is -0.164. The van der Waals surface area contributed by atoms with Gasteiger partial charge in [-0.1, -0.05) is 0 Å². The van der Waals surface area contributed by atoms with Gasteiger partial charge in [0.25, 0.3) is 0 Å². The molecule has 2 heterocycles.